The number of urea groups is 1. The molecule has 4 amide bonds. The molecule has 2 aliphatic rings. The van der Waals surface area contributed by atoms with Crippen molar-refractivity contribution in [2.45, 2.75) is 44.8 Å². The van der Waals surface area contributed by atoms with E-state index >= 15 is 0 Å². The number of nitrogens with two attached hydrogens (primary N) is 1. The summed E-state index contributed by atoms with van der Waals surface area (Å²) in [7, 11) is 1.80. The van der Waals surface area contributed by atoms with Crippen molar-refractivity contribution < 1.29 is 19.2 Å². The predicted octanol–water partition coefficient (Wildman–Crippen LogP) is 4.44. The Labute approximate surface area is 258 Å². The molecule has 1 saturated carbocycles. The number of rotatable bonds is 7. The standard InChI is InChI=1S/C25H26N6O4.C6H7ClN2/c1-14-3-2-4-16(9-14)27-25(35)28-17-6-8-20-19(11-17)23(24(26)34)29-30(20)12-22(33)31-18-7-5-15(10-18)21(31)13-32;1-8-6-4-2-3-5(7)9-6/h2-4,6,8-9,11,13,15,18,21H,5,7,10,12H2,1H3,(H2,26,34)(H2,27,28,35);2-4H,1H3,(H,8,9). The molecule has 5 N–H and O–H groups in total. The number of halogens is 1. The Hall–Kier alpha value is -4.97. The average Bonchev–Trinajstić information content (AvgIpc) is 3.71. The monoisotopic (exact) mass is 616 g/mol. The number of pyridine rings is 1. The lowest BCUT2D eigenvalue weighted by Crippen LogP contribution is -2.47. The molecule has 2 bridgehead atoms. The molecule has 1 aliphatic carbocycles. The number of amides is 4. The number of nitrogens with one attached hydrogen (secondary N) is 3. The molecular formula is C31H33ClN8O4. The maximum Gasteiger partial charge on any atom is 0.323 e. The molecule has 2 aromatic carbocycles. The minimum Gasteiger partial charge on any atom is -0.373 e. The van der Waals surface area contributed by atoms with Gasteiger partial charge in [0.05, 0.1) is 11.6 Å². The molecule has 1 saturated heterocycles. The average molecular weight is 617 g/mol. The summed E-state index contributed by atoms with van der Waals surface area (Å²) in [4.78, 5) is 54.9. The zero-order chi connectivity index (χ0) is 31.4. The SMILES string of the molecule is CNc1cccc(Cl)n1.Cc1cccc(NC(=O)Nc2ccc3c(c2)c(C(N)=O)nn3CC(=O)N2C3CCC(C3)C2C=O)c1. The Morgan fingerprint density at radius 3 is 2.45 bits per heavy atom. The molecular weight excluding hydrogens is 584 g/mol. The second-order valence-electron chi connectivity index (χ2n) is 10.8. The predicted molar refractivity (Wildman–Crippen MR) is 169 cm³/mol. The number of likely N-dealkylation sites (tertiary alicyclic amines) is 1. The highest BCUT2D eigenvalue weighted by Gasteiger charge is 2.47. The first-order valence-electron chi connectivity index (χ1n) is 14.2. The van der Waals surface area contributed by atoms with E-state index in [0.717, 1.165) is 36.9 Å². The summed E-state index contributed by atoms with van der Waals surface area (Å²) in [5.41, 5.74) is 8.19. The van der Waals surface area contributed by atoms with Crippen LogP contribution in [0.2, 0.25) is 5.15 Å². The summed E-state index contributed by atoms with van der Waals surface area (Å²) in [6.07, 6.45) is 3.56. The lowest BCUT2D eigenvalue weighted by molar-refractivity contribution is -0.139. The Morgan fingerprint density at radius 2 is 1.80 bits per heavy atom. The maximum atomic E-state index is 13.1. The lowest BCUT2D eigenvalue weighted by Gasteiger charge is -2.32. The summed E-state index contributed by atoms with van der Waals surface area (Å²) in [6, 6.07) is 17.0. The third-order valence-corrected chi connectivity index (χ3v) is 8.05. The molecule has 2 aromatic heterocycles. The van der Waals surface area contributed by atoms with E-state index in [1.807, 2.05) is 37.3 Å². The fourth-order valence-corrected chi connectivity index (χ4v) is 6.07. The quantitative estimate of drug-likeness (QED) is 0.176. The van der Waals surface area contributed by atoms with Gasteiger partial charge in [0, 0.05) is 29.9 Å². The summed E-state index contributed by atoms with van der Waals surface area (Å²) < 4.78 is 1.43. The molecule has 3 unspecified atom stereocenters. The van der Waals surface area contributed by atoms with Crippen LogP contribution < -0.4 is 21.7 Å². The van der Waals surface area contributed by atoms with E-state index in [4.69, 9.17) is 17.3 Å². The maximum absolute atomic E-state index is 13.1. The van der Waals surface area contributed by atoms with Crippen molar-refractivity contribution in [3.8, 4) is 0 Å². The summed E-state index contributed by atoms with van der Waals surface area (Å²) in [5, 5.41) is 13.6. The Balaban J connectivity index is 0.000000367. The molecule has 6 rings (SSSR count). The van der Waals surface area contributed by atoms with Crippen LogP contribution in [0.15, 0.2) is 60.7 Å². The molecule has 3 atom stereocenters. The molecule has 13 heteroatoms. The highest BCUT2D eigenvalue weighted by Crippen LogP contribution is 2.41. The number of primary amides is 1. The van der Waals surface area contributed by atoms with Crippen molar-refractivity contribution in [1.82, 2.24) is 19.7 Å². The number of carbonyl (C=O) groups excluding carboxylic acids is 4. The number of nitrogens with zero attached hydrogens (tertiary/aromatic N) is 4. The minimum atomic E-state index is -0.742. The molecule has 1 aliphatic heterocycles. The minimum absolute atomic E-state index is 0.00502. The van der Waals surface area contributed by atoms with Gasteiger partial charge in [-0.3, -0.25) is 14.3 Å². The van der Waals surface area contributed by atoms with Gasteiger partial charge in [-0.25, -0.2) is 9.78 Å². The van der Waals surface area contributed by atoms with Crippen molar-refractivity contribution in [3.63, 3.8) is 0 Å². The third kappa shape index (κ3) is 6.65. The van der Waals surface area contributed by atoms with Gasteiger partial charge in [0.25, 0.3) is 5.91 Å². The number of piperidine rings is 1. The van der Waals surface area contributed by atoms with E-state index in [0.29, 0.717) is 27.4 Å². The van der Waals surface area contributed by atoms with E-state index in [1.165, 1.54) is 4.68 Å². The molecule has 4 aromatic rings. The molecule has 12 nitrogen and oxygen atoms in total. The number of anilines is 3. The summed E-state index contributed by atoms with van der Waals surface area (Å²) in [6.45, 7) is 1.82. The van der Waals surface area contributed by atoms with Crippen LogP contribution in [0.1, 0.15) is 35.3 Å². The van der Waals surface area contributed by atoms with Crippen molar-refractivity contribution in [1.29, 1.82) is 0 Å². The second-order valence-corrected chi connectivity index (χ2v) is 11.2. The van der Waals surface area contributed by atoms with Crippen LogP contribution in [0.5, 0.6) is 0 Å². The molecule has 3 heterocycles. The molecule has 44 heavy (non-hydrogen) atoms. The first-order chi connectivity index (χ1) is 21.2. The molecule has 0 spiro atoms. The number of aryl methyl sites for hydroxylation is 1. The number of carbonyl (C=O) groups is 4. The second kappa shape index (κ2) is 13.1. The number of hydrogen-bond donors (Lipinski definition) is 4. The van der Waals surface area contributed by atoms with Gasteiger partial charge < -0.3 is 31.4 Å². The van der Waals surface area contributed by atoms with Crippen LogP contribution in [-0.4, -0.2) is 62.9 Å². The highest BCUT2D eigenvalue weighted by molar-refractivity contribution is 6.29. The van der Waals surface area contributed by atoms with E-state index < -0.39 is 18.0 Å². The Bertz CT molecular complexity index is 1720. The van der Waals surface area contributed by atoms with Gasteiger partial charge in [-0.2, -0.15) is 5.10 Å². The normalized spacial score (nSPS) is 18.3. The van der Waals surface area contributed by atoms with E-state index in [1.54, 1.807) is 42.3 Å². The van der Waals surface area contributed by atoms with E-state index in [2.05, 4.69) is 26.0 Å². The summed E-state index contributed by atoms with van der Waals surface area (Å²) >= 11 is 5.57. The first-order valence-corrected chi connectivity index (χ1v) is 14.6. The topological polar surface area (TPSA) is 164 Å². The van der Waals surface area contributed by atoms with Crippen LogP contribution in [0, 0.1) is 12.8 Å². The van der Waals surface area contributed by atoms with Crippen LogP contribution in [0.25, 0.3) is 10.9 Å². The number of benzene rings is 2. The Morgan fingerprint density at radius 1 is 1.05 bits per heavy atom. The Kier molecular flexibility index (Phi) is 9.09. The third-order valence-electron chi connectivity index (χ3n) is 7.84. The van der Waals surface area contributed by atoms with Crippen LogP contribution >= 0.6 is 11.6 Å². The van der Waals surface area contributed by atoms with E-state index in [-0.39, 0.29) is 30.1 Å². The zero-order valence-corrected chi connectivity index (χ0v) is 25.0. The van der Waals surface area contributed by atoms with Crippen LogP contribution in [0.4, 0.5) is 22.0 Å². The smallest absolute Gasteiger partial charge is 0.323 e. The van der Waals surface area contributed by atoms with Crippen LogP contribution in [0.3, 0.4) is 0 Å². The van der Waals surface area contributed by atoms with Gasteiger partial charge in [0.15, 0.2) is 5.69 Å². The van der Waals surface area contributed by atoms with Crippen molar-refractivity contribution in [3.05, 3.63) is 77.1 Å². The number of aldehydes is 1. The van der Waals surface area contributed by atoms with Crippen molar-refractivity contribution in [2.24, 2.45) is 11.7 Å². The fraction of sp³-hybridized carbons (Fsp3) is 0.290. The first kappa shape index (κ1) is 30.5. The van der Waals surface area contributed by atoms with Gasteiger partial charge in [-0.1, -0.05) is 29.8 Å². The van der Waals surface area contributed by atoms with Gasteiger partial charge in [0.2, 0.25) is 5.91 Å². The number of aromatic nitrogens is 3. The largest absolute Gasteiger partial charge is 0.373 e. The lowest BCUT2D eigenvalue weighted by atomic mass is 10.00. The van der Waals surface area contributed by atoms with Crippen molar-refractivity contribution in [2.75, 3.05) is 23.0 Å². The van der Waals surface area contributed by atoms with Gasteiger partial charge >= 0.3 is 6.03 Å². The zero-order valence-electron chi connectivity index (χ0n) is 24.3. The number of fused-ring (bicyclic) bond motifs is 3. The van der Waals surface area contributed by atoms with E-state index in [9.17, 15) is 19.2 Å². The molecule has 2 fully saturated rings. The fourth-order valence-electron chi connectivity index (χ4n) is 5.90. The van der Waals surface area contributed by atoms with Gasteiger partial charge in [-0.05, 0) is 80.1 Å². The highest BCUT2D eigenvalue weighted by atomic mass is 35.5. The molecule has 0 radical (unpaired) electrons. The van der Waals surface area contributed by atoms with Crippen LogP contribution in [-0.2, 0) is 16.1 Å². The molecule has 228 valence electrons. The van der Waals surface area contributed by atoms with Crippen molar-refractivity contribution >= 4 is 63.8 Å². The number of hydrogen-bond acceptors (Lipinski definition) is 7. The summed E-state index contributed by atoms with van der Waals surface area (Å²) in [5.74, 6) is 0.0575. The van der Waals surface area contributed by atoms with Gasteiger partial charge in [0.1, 0.15) is 23.8 Å². The van der Waals surface area contributed by atoms with Gasteiger partial charge in [-0.15, -0.1) is 0 Å².